The predicted molar refractivity (Wildman–Crippen MR) is 88.1 cm³/mol. The van der Waals surface area contributed by atoms with Crippen LogP contribution in [0, 0.1) is 0 Å². The summed E-state index contributed by atoms with van der Waals surface area (Å²) in [6.07, 6.45) is 0. The van der Waals surface area contributed by atoms with E-state index in [4.69, 9.17) is 27.9 Å². The van der Waals surface area contributed by atoms with Crippen LogP contribution in [-0.2, 0) is 16.6 Å². The lowest BCUT2D eigenvalue weighted by atomic mass is 10.2. The lowest BCUT2D eigenvalue weighted by Gasteiger charge is -2.18. The van der Waals surface area contributed by atoms with Gasteiger partial charge in [0.2, 0.25) is 10.0 Å². The Labute approximate surface area is 140 Å². The zero-order valence-electron chi connectivity index (χ0n) is 12.1. The van der Waals surface area contributed by atoms with Gasteiger partial charge in [-0.3, -0.25) is 0 Å². The van der Waals surface area contributed by atoms with Crippen molar-refractivity contribution in [3.63, 3.8) is 0 Å². The number of sulfonamides is 1. The van der Waals surface area contributed by atoms with Crippen LogP contribution in [0.2, 0.25) is 10.0 Å². The molecule has 0 bridgehead atoms. The summed E-state index contributed by atoms with van der Waals surface area (Å²) in [4.78, 5) is 0.104. The third-order valence-corrected chi connectivity index (χ3v) is 5.65. The number of halogens is 2. The Bertz CT molecular complexity index is 778. The molecule has 0 saturated carbocycles. The van der Waals surface area contributed by atoms with Crippen LogP contribution < -0.4 is 4.74 Å². The molecule has 22 heavy (non-hydrogen) atoms. The molecule has 0 aliphatic carbocycles. The largest absolute Gasteiger partial charge is 0.495 e. The zero-order valence-corrected chi connectivity index (χ0v) is 14.4. The third-order valence-electron chi connectivity index (χ3n) is 3.18. The number of rotatable bonds is 5. The van der Waals surface area contributed by atoms with Crippen molar-refractivity contribution < 1.29 is 13.2 Å². The summed E-state index contributed by atoms with van der Waals surface area (Å²) < 4.78 is 31.4. The standard InChI is InChI=1S/C15H15Cl2NO3S/c1-18(10-11-5-3-4-6-13(11)16)22(19,20)12-7-8-15(21-2)14(17)9-12/h3-9H,10H2,1-2H3. The molecule has 0 atom stereocenters. The van der Waals surface area contributed by atoms with Crippen molar-refractivity contribution >= 4 is 33.2 Å². The highest BCUT2D eigenvalue weighted by molar-refractivity contribution is 7.89. The second-order valence-electron chi connectivity index (χ2n) is 4.65. The van der Waals surface area contributed by atoms with Gasteiger partial charge in [-0.25, -0.2) is 8.42 Å². The van der Waals surface area contributed by atoms with E-state index in [1.54, 1.807) is 18.2 Å². The van der Waals surface area contributed by atoms with Crippen LogP contribution in [0.3, 0.4) is 0 Å². The molecule has 0 aliphatic rings. The van der Waals surface area contributed by atoms with Crippen molar-refractivity contribution in [3.8, 4) is 5.75 Å². The quantitative estimate of drug-likeness (QED) is 0.814. The molecular formula is C15H15Cl2NO3S. The van der Waals surface area contributed by atoms with E-state index in [9.17, 15) is 8.42 Å². The summed E-state index contributed by atoms with van der Waals surface area (Å²) in [7, 11) is -0.699. The first kappa shape index (κ1) is 17.1. The molecule has 0 radical (unpaired) electrons. The maximum Gasteiger partial charge on any atom is 0.243 e. The molecule has 2 aromatic rings. The molecule has 0 saturated heterocycles. The van der Waals surface area contributed by atoms with Crippen molar-refractivity contribution in [2.24, 2.45) is 0 Å². The smallest absolute Gasteiger partial charge is 0.243 e. The van der Waals surface area contributed by atoms with E-state index >= 15 is 0 Å². The van der Waals surface area contributed by atoms with Gasteiger partial charge in [-0.15, -0.1) is 0 Å². The number of ether oxygens (including phenoxy) is 1. The Kier molecular flexibility index (Phi) is 5.34. The fourth-order valence-corrected chi connectivity index (χ4v) is 3.63. The van der Waals surface area contributed by atoms with Crippen molar-refractivity contribution in [2.75, 3.05) is 14.2 Å². The molecular weight excluding hydrogens is 345 g/mol. The van der Waals surface area contributed by atoms with Crippen molar-refractivity contribution in [3.05, 3.63) is 58.1 Å². The maximum absolute atomic E-state index is 12.6. The highest BCUT2D eigenvalue weighted by Gasteiger charge is 2.22. The Balaban J connectivity index is 2.30. The summed E-state index contributed by atoms with van der Waals surface area (Å²) in [5.74, 6) is 0.425. The van der Waals surface area contributed by atoms with Crippen LogP contribution in [0.5, 0.6) is 5.75 Å². The van der Waals surface area contributed by atoms with Crippen LogP contribution in [0.4, 0.5) is 0 Å². The average molecular weight is 360 g/mol. The van der Waals surface area contributed by atoms with E-state index in [2.05, 4.69) is 0 Å². The summed E-state index contributed by atoms with van der Waals surface area (Å²) in [5.41, 5.74) is 0.731. The molecule has 0 amide bonds. The molecule has 0 fully saturated rings. The summed E-state index contributed by atoms with van der Waals surface area (Å²) in [6.45, 7) is 0.172. The Morgan fingerprint density at radius 1 is 1.09 bits per heavy atom. The first-order valence-corrected chi connectivity index (χ1v) is 8.59. The van der Waals surface area contributed by atoms with Gasteiger partial charge in [-0.1, -0.05) is 41.4 Å². The fraction of sp³-hybridized carbons (Fsp3) is 0.200. The van der Waals surface area contributed by atoms with Gasteiger partial charge in [0, 0.05) is 18.6 Å². The third kappa shape index (κ3) is 3.55. The van der Waals surface area contributed by atoms with E-state index in [-0.39, 0.29) is 16.5 Å². The van der Waals surface area contributed by atoms with Gasteiger partial charge < -0.3 is 4.74 Å². The molecule has 0 heterocycles. The van der Waals surface area contributed by atoms with Gasteiger partial charge in [-0.05, 0) is 29.8 Å². The number of hydrogen-bond acceptors (Lipinski definition) is 3. The van der Waals surface area contributed by atoms with Gasteiger partial charge in [0.05, 0.1) is 17.0 Å². The topological polar surface area (TPSA) is 46.6 Å². The van der Waals surface area contributed by atoms with Gasteiger partial charge in [0.15, 0.2) is 0 Å². The van der Waals surface area contributed by atoms with Crippen molar-refractivity contribution in [1.82, 2.24) is 4.31 Å². The van der Waals surface area contributed by atoms with Crippen LogP contribution in [-0.4, -0.2) is 26.9 Å². The highest BCUT2D eigenvalue weighted by Crippen LogP contribution is 2.29. The molecule has 118 valence electrons. The van der Waals surface area contributed by atoms with Gasteiger partial charge in [0.25, 0.3) is 0 Å². The molecule has 0 aromatic heterocycles. The minimum atomic E-state index is -3.67. The summed E-state index contributed by atoms with van der Waals surface area (Å²) >= 11 is 12.1. The molecule has 0 unspecified atom stereocenters. The van der Waals surface area contributed by atoms with E-state index in [1.807, 2.05) is 6.07 Å². The van der Waals surface area contributed by atoms with Gasteiger partial charge >= 0.3 is 0 Å². The number of hydrogen-bond donors (Lipinski definition) is 0. The Morgan fingerprint density at radius 2 is 1.77 bits per heavy atom. The molecule has 2 rings (SSSR count). The lowest BCUT2D eigenvalue weighted by molar-refractivity contribution is 0.414. The molecule has 2 aromatic carbocycles. The molecule has 7 heteroatoms. The van der Waals surface area contributed by atoms with Crippen molar-refractivity contribution in [1.29, 1.82) is 0 Å². The SMILES string of the molecule is COc1ccc(S(=O)(=O)N(C)Cc2ccccc2Cl)cc1Cl. The first-order chi connectivity index (χ1) is 10.4. The number of benzene rings is 2. The zero-order chi connectivity index (χ0) is 16.3. The normalized spacial score (nSPS) is 11.7. The summed E-state index contributed by atoms with van der Waals surface area (Å²) in [5, 5.41) is 0.770. The molecule has 4 nitrogen and oxygen atoms in total. The number of nitrogens with zero attached hydrogens (tertiary/aromatic N) is 1. The monoisotopic (exact) mass is 359 g/mol. The number of methoxy groups -OCH3 is 1. The predicted octanol–water partition coefficient (Wildman–Crippen LogP) is 3.82. The highest BCUT2D eigenvalue weighted by atomic mass is 35.5. The lowest BCUT2D eigenvalue weighted by Crippen LogP contribution is -2.26. The second-order valence-corrected chi connectivity index (χ2v) is 7.51. The van der Waals surface area contributed by atoms with Crippen LogP contribution >= 0.6 is 23.2 Å². The van der Waals surface area contributed by atoms with Gasteiger partial charge in [0.1, 0.15) is 5.75 Å². The maximum atomic E-state index is 12.6. The fourth-order valence-electron chi connectivity index (χ4n) is 1.94. The minimum Gasteiger partial charge on any atom is -0.495 e. The van der Waals surface area contributed by atoms with Crippen LogP contribution in [0.1, 0.15) is 5.56 Å². The Morgan fingerprint density at radius 3 is 2.36 bits per heavy atom. The molecule has 0 aliphatic heterocycles. The first-order valence-electron chi connectivity index (χ1n) is 6.39. The Hall–Kier alpha value is -1.27. The van der Waals surface area contributed by atoms with Crippen LogP contribution in [0.15, 0.2) is 47.4 Å². The minimum absolute atomic E-state index is 0.104. The molecule has 0 spiro atoms. The second kappa shape index (κ2) is 6.87. The van der Waals surface area contributed by atoms with Gasteiger partial charge in [-0.2, -0.15) is 4.31 Å². The van der Waals surface area contributed by atoms with Crippen molar-refractivity contribution in [2.45, 2.75) is 11.4 Å². The summed E-state index contributed by atoms with van der Waals surface area (Å²) in [6, 6.07) is 11.5. The van der Waals surface area contributed by atoms with E-state index in [0.29, 0.717) is 10.8 Å². The van der Waals surface area contributed by atoms with E-state index in [1.165, 1.54) is 36.7 Å². The average Bonchev–Trinajstić information content (AvgIpc) is 2.49. The van der Waals surface area contributed by atoms with Crippen LogP contribution in [0.25, 0.3) is 0 Å². The van der Waals surface area contributed by atoms with E-state index < -0.39 is 10.0 Å². The van der Waals surface area contributed by atoms with E-state index in [0.717, 1.165) is 5.56 Å². The molecule has 0 N–H and O–H groups in total.